The van der Waals surface area contributed by atoms with E-state index in [0.29, 0.717) is 12.5 Å². The number of fused-ring (bicyclic) bond motifs is 1. The highest BCUT2D eigenvalue weighted by Crippen LogP contribution is 2.20. The molecule has 0 saturated heterocycles. The third kappa shape index (κ3) is 3.13. The van der Waals surface area contributed by atoms with Gasteiger partial charge in [0.05, 0.1) is 12.7 Å². The van der Waals surface area contributed by atoms with Gasteiger partial charge in [-0.05, 0) is 30.2 Å². The normalized spacial score (nSPS) is 11.6. The maximum atomic E-state index is 5.19. The maximum absolute atomic E-state index is 5.19. The number of nitrogens with zero attached hydrogens (tertiary/aromatic N) is 3. The van der Waals surface area contributed by atoms with E-state index >= 15 is 0 Å². The standard InChI is InChI=1S/C16H20N4O/c1-12(2)8-17-9-13-10-20(11-14-5-7-19-21-14)16-15(13)4-3-6-18-16/h3-7,10,12,17H,8-9,11H2,1-2H3. The maximum Gasteiger partial charge on any atom is 0.156 e. The summed E-state index contributed by atoms with van der Waals surface area (Å²) in [7, 11) is 0. The Bertz CT molecular complexity index is 700. The molecule has 110 valence electrons. The molecule has 0 bridgehead atoms. The molecule has 0 aromatic carbocycles. The van der Waals surface area contributed by atoms with Crippen molar-refractivity contribution in [2.24, 2.45) is 5.92 Å². The van der Waals surface area contributed by atoms with Gasteiger partial charge in [-0.2, -0.15) is 0 Å². The van der Waals surface area contributed by atoms with E-state index in [2.05, 4.69) is 46.1 Å². The highest BCUT2D eigenvalue weighted by Gasteiger charge is 2.10. The molecule has 1 N–H and O–H groups in total. The van der Waals surface area contributed by atoms with Gasteiger partial charge in [-0.1, -0.05) is 19.0 Å². The minimum absolute atomic E-state index is 0.644. The van der Waals surface area contributed by atoms with Crippen molar-refractivity contribution < 1.29 is 4.52 Å². The molecule has 0 unspecified atom stereocenters. The molecule has 3 aromatic rings. The quantitative estimate of drug-likeness (QED) is 0.756. The first-order chi connectivity index (χ1) is 10.2. The fraction of sp³-hybridized carbons (Fsp3) is 0.375. The number of hydrogen-bond acceptors (Lipinski definition) is 4. The molecular formula is C16H20N4O. The second-order valence-corrected chi connectivity index (χ2v) is 5.66. The summed E-state index contributed by atoms with van der Waals surface area (Å²) in [6, 6.07) is 5.98. The summed E-state index contributed by atoms with van der Waals surface area (Å²) in [5.41, 5.74) is 2.24. The molecule has 5 heteroatoms. The van der Waals surface area contributed by atoms with Gasteiger partial charge in [0.15, 0.2) is 5.76 Å². The lowest BCUT2D eigenvalue weighted by Crippen LogP contribution is -2.18. The first-order valence-corrected chi connectivity index (χ1v) is 7.27. The van der Waals surface area contributed by atoms with E-state index in [1.807, 2.05) is 18.3 Å². The number of nitrogens with one attached hydrogen (secondary N) is 1. The largest absolute Gasteiger partial charge is 0.359 e. The average Bonchev–Trinajstić information content (AvgIpc) is 3.09. The van der Waals surface area contributed by atoms with Gasteiger partial charge in [-0.15, -0.1) is 0 Å². The second kappa shape index (κ2) is 6.10. The molecule has 0 amide bonds. The van der Waals surface area contributed by atoms with Gasteiger partial charge in [-0.3, -0.25) is 0 Å². The molecular weight excluding hydrogens is 264 g/mol. The van der Waals surface area contributed by atoms with Gasteiger partial charge in [0.1, 0.15) is 5.65 Å². The molecule has 0 radical (unpaired) electrons. The summed E-state index contributed by atoms with van der Waals surface area (Å²) in [6.07, 6.45) is 5.64. The zero-order valence-electron chi connectivity index (χ0n) is 12.4. The Balaban J connectivity index is 1.86. The van der Waals surface area contributed by atoms with Crippen molar-refractivity contribution >= 4 is 11.0 Å². The van der Waals surface area contributed by atoms with Crippen LogP contribution in [0.1, 0.15) is 25.2 Å². The Morgan fingerprint density at radius 1 is 1.29 bits per heavy atom. The third-order valence-electron chi connectivity index (χ3n) is 3.40. The fourth-order valence-electron chi connectivity index (χ4n) is 2.44. The van der Waals surface area contributed by atoms with Crippen LogP contribution in [0.5, 0.6) is 0 Å². The van der Waals surface area contributed by atoms with Crippen LogP contribution in [0.15, 0.2) is 41.3 Å². The van der Waals surface area contributed by atoms with Crippen molar-refractivity contribution in [3.63, 3.8) is 0 Å². The molecule has 0 spiro atoms. The van der Waals surface area contributed by atoms with Crippen molar-refractivity contribution in [3.05, 3.63) is 48.1 Å². The van der Waals surface area contributed by atoms with Crippen molar-refractivity contribution in [1.82, 2.24) is 20.0 Å². The Labute approximate surface area is 124 Å². The van der Waals surface area contributed by atoms with E-state index in [1.165, 1.54) is 10.9 Å². The Morgan fingerprint density at radius 2 is 2.19 bits per heavy atom. The number of hydrogen-bond donors (Lipinski definition) is 1. The van der Waals surface area contributed by atoms with Gasteiger partial charge in [0.2, 0.25) is 0 Å². The summed E-state index contributed by atoms with van der Waals surface area (Å²) in [6.45, 7) is 6.93. The summed E-state index contributed by atoms with van der Waals surface area (Å²) < 4.78 is 7.31. The molecule has 0 saturated carbocycles. The predicted octanol–water partition coefficient (Wildman–Crippen LogP) is 2.82. The first-order valence-electron chi connectivity index (χ1n) is 7.27. The van der Waals surface area contributed by atoms with E-state index in [4.69, 9.17) is 4.52 Å². The lowest BCUT2D eigenvalue weighted by molar-refractivity contribution is 0.377. The molecule has 0 fully saturated rings. The van der Waals surface area contributed by atoms with Crippen LogP contribution >= 0.6 is 0 Å². The number of rotatable bonds is 6. The molecule has 5 nitrogen and oxygen atoms in total. The number of pyridine rings is 1. The summed E-state index contributed by atoms with van der Waals surface area (Å²) in [5, 5.41) is 8.43. The van der Waals surface area contributed by atoms with Crippen LogP contribution in [0.3, 0.4) is 0 Å². The van der Waals surface area contributed by atoms with Gasteiger partial charge < -0.3 is 14.4 Å². The molecule has 0 aliphatic heterocycles. The minimum Gasteiger partial charge on any atom is -0.359 e. The van der Waals surface area contributed by atoms with Crippen LogP contribution in [-0.2, 0) is 13.1 Å². The van der Waals surface area contributed by atoms with E-state index in [9.17, 15) is 0 Å². The Morgan fingerprint density at radius 3 is 2.95 bits per heavy atom. The van der Waals surface area contributed by atoms with E-state index < -0.39 is 0 Å². The zero-order valence-corrected chi connectivity index (χ0v) is 12.4. The minimum atomic E-state index is 0.644. The first kappa shape index (κ1) is 13.8. The van der Waals surface area contributed by atoms with E-state index in [0.717, 1.165) is 24.5 Å². The van der Waals surface area contributed by atoms with Crippen LogP contribution in [0.2, 0.25) is 0 Å². The fourth-order valence-corrected chi connectivity index (χ4v) is 2.44. The average molecular weight is 284 g/mol. The van der Waals surface area contributed by atoms with Gasteiger partial charge >= 0.3 is 0 Å². The Hall–Kier alpha value is -2.14. The van der Waals surface area contributed by atoms with Crippen molar-refractivity contribution in [2.75, 3.05) is 6.54 Å². The van der Waals surface area contributed by atoms with Crippen LogP contribution in [0, 0.1) is 5.92 Å². The topological polar surface area (TPSA) is 55.9 Å². The Kier molecular flexibility index (Phi) is 4.01. The molecule has 21 heavy (non-hydrogen) atoms. The van der Waals surface area contributed by atoms with Crippen molar-refractivity contribution in [3.8, 4) is 0 Å². The van der Waals surface area contributed by atoms with Gasteiger partial charge in [-0.25, -0.2) is 4.98 Å². The van der Waals surface area contributed by atoms with Gasteiger partial charge in [0, 0.05) is 30.4 Å². The van der Waals surface area contributed by atoms with Crippen LogP contribution in [0.4, 0.5) is 0 Å². The van der Waals surface area contributed by atoms with E-state index in [-0.39, 0.29) is 0 Å². The second-order valence-electron chi connectivity index (χ2n) is 5.66. The summed E-state index contributed by atoms with van der Waals surface area (Å²) in [4.78, 5) is 4.50. The predicted molar refractivity (Wildman–Crippen MR) is 81.9 cm³/mol. The molecule has 3 rings (SSSR count). The van der Waals surface area contributed by atoms with Crippen molar-refractivity contribution in [2.45, 2.75) is 26.9 Å². The van der Waals surface area contributed by atoms with E-state index in [1.54, 1.807) is 6.20 Å². The van der Waals surface area contributed by atoms with Crippen LogP contribution < -0.4 is 5.32 Å². The lowest BCUT2D eigenvalue weighted by Gasteiger charge is -2.06. The van der Waals surface area contributed by atoms with Crippen LogP contribution in [0.25, 0.3) is 11.0 Å². The van der Waals surface area contributed by atoms with Crippen molar-refractivity contribution in [1.29, 1.82) is 0 Å². The van der Waals surface area contributed by atoms with Gasteiger partial charge in [0.25, 0.3) is 0 Å². The molecule has 3 aromatic heterocycles. The monoisotopic (exact) mass is 284 g/mol. The number of aromatic nitrogens is 3. The molecule has 0 aliphatic carbocycles. The highest BCUT2D eigenvalue weighted by molar-refractivity contribution is 5.80. The SMILES string of the molecule is CC(C)CNCc1cn(Cc2ccno2)c2ncccc12. The smallest absolute Gasteiger partial charge is 0.156 e. The molecule has 0 atom stereocenters. The third-order valence-corrected chi connectivity index (χ3v) is 3.40. The highest BCUT2D eigenvalue weighted by atomic mass is 16.5. The van der Waals surface area contributed by atoms with Crippen LogP contribution in [-0.4, -0.2) is 21.3 Å². The molecule has 3 heterocycles. The summed E-state index contributed by atoms with van der Waals surface area (Å²) >= 11 is 0. The zero-order chi connectivity index (χ0) is 14.7. The lowest BCUT2D eigenvalue weighted by atomic mass is 10.2. The molecule has 0 aliphatic rings. The summed E-state index contributed by atoms with van der Waals surface area (Å²) in [5.74, 6) is 1.48.